The molecule has 5 rings (SSSR count). The molecule has 4 N–H and O–H groups in total. The van der Waals surface area contributed by atoms with Crippen molar-refractivity contribution in [3.63, 3.8) is 0 Å². The SMILES string of the molecule is Cc1cc(C(=O)NC(C(=O)/C=C(/CC(=O)NC(CC(=O)O)C(=O)c2ncc(-c3c(Cl)cccc3Cl)o2)C2Cc3ccccc3C2)C(C)C)ccc1COCO. The van der Waals surface area contributed by atoms with Crippen LogP contribution in [0.15, 0.2) is 82.9 Å². The number of hydrogen-bond acceptors (Lipinski definition) is 9. The average molecular weight is 791 g/mol. The lowest BCUT2D eigenvalue weighted by Crippen LogP contribution is -2.44. The number of aromatic nitrogens is 1. The molecule has 0 spiro atoms. The average Bonchev–Trinajstić information content (AvgIpc) is 3.80. The normalized spacial score (nSPS) is 14.0. The topological polar surface area (TPSA) is 185 Å². The fourth-order valence-corrected chi connectivity index (χ4v) is 7.14. The first-order valence-corrected chi connectivity index (χ1v) is 18.4. The molecule has 2 atom stereocenters. The number of ketones is 2. The Bertz CT molecular complexity index is 2080. The third kappa shape index (κ3) is 10.3. The summed E-state index contributed by atoms with van der Waals surface area (Å²) in [5.74, 6) is -4.77. The van der Waals surface area contributed by atoms with E-state index >= 15 is 0 Å². The number of amides is 2. The lowest BCUT2D eigenvalue weighted by Gasteiger charge is -2.22. The molecule has 1 aliphatic rings. The summed E-state index contributed by atoms with van der Waals surface area (Å²) < 4.78 is 10.7. The van der Waals surface area contributed by atoms with E-state index in [1.165, 1.54) is 12.3 Å². The maximum Gasteiger partial charge on any atom is 0.305 e. The Morgan fingerprint density at radius 1 is 0.982 bits per heavy atom. The van der Waals surface area contributed by atoms with Crippen LogP contribution < -0.4 is 10.6 Å². The molecule has 2 unspecified atom stereocenters. The first-order valence-electron chi connectivity index (χ1n) is 17.6. The van der Waals surface area contributed by atoms with Gasteiger partial charge in [0, 0.05) is 12.0 Å². The third-order valence-corrected chi connectivity index (χ3v) is 10.1. The zero-order valence-electron chi connectivity index (χ0n) is 30.4. The van der Waals surface area contributed by atoms with E-state index in [1.807, 2.05) is 31.2 Å². The van der Waals surface area contributed by atoms with Crippen molar-refractivity contribution in [3.8, 4) is 11.3 Å². The summed E-state index contributed by atoms with van der Waals surface area (Å²) in [6.07, 6.45) is 2.64. The van der Waals surface area contributed by atoms with Gasteiger partial charge in [-0.25, -0.2) is 4.98 Å². The maximum absolute atomic E-state index is 14.0. The highest BCUT2D eigenvalue weighted by Crippen LogP contribution is 2.36. The highest BCUT2D eigenvalue weighted by Gasteiger charge is 2.32. The lowest BCUT2D eigenvalue weighted by atomic mass is 9.89. The number of fused-ring (bicyclic) bond motifs is 1. The van der Waals surface area contributed by atoms with Gasteiger partial charge in [0.25, 0.3) is 11.8 Å². The number of rotatable bonds is 17. The van der Waals surface area contributed by atoms with Gasteiger partial charge in [0.05, 0.1) is 40.9 Å². The summed E-state index contributed by atoms with van der Waals surface area (Å²) in [6.45, 7) is 5.14. The Balaban J connectivity index is 1.37. The Morgan fingerprint density at radius 2 is 1.65 bits per heavy atom. The number of carboxylic acid groups (broad SMARTS) is 1. The van der Waals surface area contributed by atoms with Crippen LogP contribution in [-0.4, -0.2) is 63.4 Å². The van der Waals surface area contributed by atoms with E-state index in [0.717, 1.165) is 22.3 Å². The second-order valence-corrected chi connectivity index (χ2v) is 14.5. The van der Waals surface area contributed by atoms with E-state index in [4.69, 9.17) is 37.5 Å². The Hall–Kier alpha value is -5.14. The minimum Gasteiger partial charge on any atom is -0.481 e. The number of nitrogens with one attached hydrogen (secondary N) is 2. The van der Waals surface area contributed by atoms with Gasteiger partial charge in [-0.05, 0) is 84.2 Å². The number of Topliss-reactive ketones (excluding diaryl/α,β-unsaturated/α-hetero) is 1. The minimum absolute atomic E-state index is 0.0791. The molecular formula is C41H41Cl2N3O9. The molecule has 0 fully saturated rings. The molecule has 0 bridgehead atoms. The quantitative estimate of drug-likeness (QED) is 0.0536. The van der Waals surface area contributed by atoms with Crippen LogP contribution in [0.4, 0.5) is 0 Å². The zero-order valence-corrected chi connectivity index (χ0v) is 31.9. The number of carbonyl (C=O) groups is 5. The number of oxazole rings is 1. The predicted molar refractivity (Wildman–Crippen MR) is 205 cm³/mol. The van der Waals surface area contributed by atoms with Crippen LogP contribution in [0.5, 0.6) is 0 Å². The smallest absolute Gasteiger partial charge is 0.305 e. The molecule has 3 aromatic carbocycles. The Labute approximate surface area is 327 Å². The van der Waals surface area contributed by atoms with Crippen LogP contribution in [0.1, 0.15) is 70.0 Å². The van der Waals surface area contributed by atoms with Gasteiger partial charge in [0.2, 0.25) is 11.7 Å². The standard InChI is InChI=1S/C41H41Cl2N3O9/c1-22(2)38(46-40(53)26-11-12-27(20-54-21-47)23(3)13-26)33(48)16-29(28-14-24-7-4-5-8-25(24)15-28)17-35(49)45-32(18-36(50)51)39(52)41-44-19-34(55-41)37-30(42)9-6-10-31(37)43/h4-13,16,19,22,28,32,38,47H,14-15,17-18,20-21H2,1-3H3,(H,45,49)(H,46,53)(H,50,51)/b29-16-. The Morgan fingerprint density at radius 3 is 2.25 bits per heavy atom. The first-order chi connectivity index (χ1) is 26.2. The molecule has 12 nitrogen and oxygen atoms in total. The fraction of sp³-hybridized carbons (Fsp3) is 0.317. The molecule has 288 valence electrons. The highest BCUT2D eigenvalue weighted by molar-refractivity contribution is 6.39. The van der Waals surface area contributed by atoms with E-state index in [-0.39, 0.29) is 40.7 Å². The zero-order chi connectivity index (χ0) is 39.8. The van der Waals surface area contributed by atoms with Crippen molar-refractivity contribution >= 4 is 52.6 Å². The summed E-state index contributed by atoms with van der Waals surface area (Å²) in [7, 11) is 0. The molecular weight excluding hydrogens is 749 g/mol. The van der Waals surface area contributed by atoms with Gasteiger partial charge in [0.1, 0.15) is 12.8 Å². The molecule has 1 aromatic heterocycles. The van der Waals surface area contributed by atoms with Crippen LogP contribution >= 0.6 is 23.2 Å². The molecule has 0 aliphatic heterocycles. The van der Waals surface area contributed by atoms with Crippen molar-refractivity contribution in [1.82, 2.24) is 15.6 Å². The number of benzene rings is 3. The number of hydrogen-bond donors (Lipinski definition) is 4. The number of aliphatic hydroxyl groups excluding tert-OH is 1. The largest absolute Gasteiger partial charge is 0.481 e. The van der Waals surface area contributed by atoms with Crippen molar-refractivity contribution in [2.45, 2.75) is 65.1 Å². The number of aryl methyl sites for hydroxylation is 1. The van der Waals surface area contributed by atoms with Crippen LogP contribution in [0.25, 0.3) is 11.3 Å². The fourth-order valence-electron chi connectivity index (χ4n) is 6.55. The predicted octanol–water partition coefficient (Wildman–Crippen LogP) is 6.32. The second-order valence-electron chi connectivity index (χ2n) is 13.7. The van der Waals surface area contributed by atoms with Gasteiger partial charge in [-0.15, -0.1) is 0 Å². The van der Waals surface area contributed by atoms with Crippen molar-refractivity contribution < 1.29 is 43.3 Å². The number of ether oxygens (including phenoxy) is 1. The first kappa shape index (κ1) is 41.0. The molecule has 14 heteroatoms. The van der Waals surface area contributed by atoms with Gasteiger partial charge in [-0.1, -0.05) is 79.0 Å². The lowest BCUT2D eigenvalue weighted by molar-refractivity contribution is -0.137. The molecule has 55 heavy (non-hydrogen) atoms. The summed E-state index contributed by atoms with van der Waals surface area (Å²) in [5, 5.41) is 24.5. The third-order valence-electron chi connectivity index (χ3n) is 9.44. The van der Waals surface area contributed by atoms with E-state index in [1.54, 1.807) is 50.2 Å². The van der Waals surface area contributed by atoms with E-state index in [9.17, 15) is 29.1 Å². The number of aliphatic hydroxyl groups is 1. The van der Waals surface area contributed by atoms with Gasteiger partial charge in [-0.2, -0.15) is 0 Å². The van der Waals surface area contributed by atoms with Crippen molar-refractivity contribution in [3.05, 3.63) is 122 Å². The summed E-state index contributed by atoms with van der Waals surface area (Å²) in [6, 6.07) is 15.1. The van der Waals surface area contributed by atoms with Crippen molar-refractivity contribution in [2.75, 3.05) is 6.79 Å². The number of nitrogens with zero attached hydrogens (tertiary/aromatic N) is 1. The summed E-state index contributed by atoms with van der Waals surface area (Å²) >= 11 is 12.6. The van der Waals surface area contributed by atoms with Crippen molar-refractivity contribution in [2.24, 2.45) is 11.8 Å². The minimum atomic E-state index is -1.55. The van der Waals surface area contributed by atoms with E-state index in [0.29, 0.717) is 29.5 Å². The molecule has 4 aromatic rings. The number of carboxylic acids is 1. The molecule has 2 amide bonds. The summed E-state index contributed by atoms with van der Waals surface area (Å²) in [4.78, 5) is 70.5. The van der Waals surface area contributed by atoms with Crippen LogP contribution in [0.2, 0.25) is 10.0 Å². The second kappa shape index (κ2) is 18.5. The number of aliphatic carboxylic acids is 1. The maximum atomic E-state index is 14.0. The number of carbonyl (C=O) groups excluding carboxylic acids is 4. The van der Waals surface area contributed by atoms with Crippen LogP contribution in [0, 0.1) is 18.8 Å². The van der Waals surface area contributed by atoms with Gasteiger partial charge >= 0.3 is 5.97 Å². The monoisotopic (exact) mass is 789 g/mol. The van der Waals surface area contributed by atoms with E-state index in [2.05, 4.69) is 15.6 Å². The molecule has 1 heterocycles. The van der Waals surface area contributed by atoms with Gasteiger partial charge in [-0.3, -0.25) is 24.0 Å². The molecule has 0 saturated heterocycles. The van der Waals surface area contributed by atoms with Gasteiger partial charge in [0.15, 0.2) is 11.5 Å². The Kier molecular flexibility index (Phi) is 13.8. The highest BCUT2D eigenvalue weighted by atomic mass is 35.5. The van der Waals surface area contributed by atoms with Gasteiger partial charge < -0.3 is 30.0 Å². The van der Waals surface area contributed by atoms with Crippen molar-refractivity contribution in [1.29, 1.82) is 0 Å². The molecule has 0 saturated carbocycles. The van der Waals surface area contributed by atoms with Crippen LogP contribution in [0.3, 0.4) is 0 Å². The van der Waals surface area contributed by atoms with E-state index < -0.39 is 60.5 Å². The molecule has 0 radical (unpaired) electrons. The molecule has 1 aliphatic carbocycles. The van der Waals surface area contributed by atoms with Crippen LogP contribution in [-0.2, 0) is 38.6 Å². The summed E-state index contributed by atoms with van der Waals surface area (Å²) in [5.41, 5.74) is 4.81. The number of halogens is 2.